The summed E-state index contributed by atoms with van der Waals surface area (Å²) in [7, 11) is 0. The molecule has 0 aliphatic carbocycles. The highest BCUT2D eigenvalue weighted by Gasteiger charge is 2.30. The Bertz CT molecular complexity index is 1200. The smallest absolute Gasteiger partial charge is 0.289 e. The van der Waals surface area contributed by atoms with Crippen molar-refractivity contribution in [3.63, 3.8) is 0 Å². The van der Waals surface area contributed by atoms with Gasteiger partial charge in [0.05, 0.1) is 0 Å². The van der Waals surface area contributed by atoms with Gasteiger partial charge in [0.1, 0.15) is 5.58 Å². The Hall–Kier alpha value is -3.41. The van der Waals surface area contributed by atoms with Crippen molar-refractivity contribution in [2.75, 3.05) is 13.1 Å². The van der Waals surface area contributed by atoms with Crippen LogP contribution in [0.4, 0.5) is 0 Å². The predicted octanol–water partition coefficient (Wildman–Crippen LogP) is 5.12. The van der Waals surface area contributed by atoms with Crippen molar-refractivity contribution >= 4 is 16.9 Å². The molecule has 2 aromatic carbocycles. The second-order valence-corrected chi connectivity index (χ2v) is 7.94. The fourth-order valence-corrected chi connectivity index (χ4v) is 4.12. The Morgan fingerprint density at radius 2 is 1.83 bits per heavy atom. The van der Waals surface area contributed by atoms with Gasteiger partial charge in [0.15, 0.2) is 5.76 Å². The fourth-order valence-electron chi connectivity index (χ4n) is 4.12. The monoisotopic (exact) mass is 401 g/mol. The zero-order chi connectivity index (χ0) is 20.7. The number of hydrogen-bond acceptors (Lipinski definition) is 5. The van der Waals surface area contributed by atoms with Crippen LogP contribution < -0.4 is 0 Å². The van der Waals surface area contributed by atoms with Gasteiger partial charge in [-0.3, -0.25) is 4.79 Å². The number of hydrogen-bond donors (Lipinski definition) is 0. The summed E-state index contributed by atoms with van der Waals surface area (Å²) in [6.07, 6.45) is 1.58. The molecule has 3 heterocycles. The second kappa shape index (κ2) is 7.44. The van der Waals surface area contributed by atoms with E-state index in [1.165, 1.54) is 0 Å². The van der Waals surface area contributed by atoms with Gasteiger partial charge in [0.2, 0.25) is 11.7 Å². The van der Waals surface area contributed by atoms with Gasteiger partial charge in [-0.1, -0.05) is 47.6 Å². The quantitative estimate of drug-likeness (QED) is 0.476. The molecule has 6 nitrogen and oxygen atoms in total. The van der Waals surface area contributed by atoms with Crippen LogP contribution in [0.1, 0.15) is 46.3 Å². The molecule has 2 aromatic heterocycles. The molecule has 4 aromatic rings. The molecular weight excluding hydrogens is 378 g/mol. The molecular formula is C24H23N3O3. The molecule has 1 aliphatic heterocycles. The van der Waals surface area contributed by atoms with Crippen LogP contribution in [0.2, 0.25) is 0 Å². The van der Waals surface area contributed by atoms with Gasteiger partial charge in [0, 0.05) is 35.5 Å². The van der Waals surface area contributed by atoms with Gasteiger partial charge in [-0.05, 0) is 38.3 Å². The minimum Gasteiger partial charge on any atom is -0.451 e. The van der Waals surface area contributed by atoms with Crippen LogP contribution in [0, 0.1) is 13.8 Å². The maximum atomic E-state index is 13.1. The summed E-state index contributed by atoms with van der Waals surface area (Å²) >= 11 is 0. The van der Waals surface area contributed by atoms with Gasteiger partial charge in [-0.2, -0.15) is 4.98 Å². The van der Waals surface area contributed by atoms with Crippen LogP contribution in [0.3, 0.4) is 0 Å². The summed E-state index contributed by atoms with van der Waals surface area (Å²) in [4.78, 5) is 19.5. The minimum absolute atomic E-state index is 0.0460. The number of nitrogens with zero attached hydrogens (tertiary/aromatic N) is 3. The molecule has 152 valence electrons. The van der Waals surface area contributed by atoms with Crippen LogP contribution in [-0.2, 0) is 0 Å². The van der Waals surface area contributed by atoms with E-state index in [9.17, 15) is 4.79 Å². The molecule has 30 heavy (non-hydrogen) atoms. The van der Waals surface area contributed by atoms with Crippen molar-refractivity contribution < 1.29 is 13.7 Å². The van der Waals surface area contributed by atoms with Crippen molar-refractivity contribution in [3.8, 4) is 11.4 Å². The van der Waals surface area contributed by atoms with Crippen LogP contribution in [0.15, 0.2) is 57.5 Å². The van der Waals surface area contributed by atoms with E-state index in [0.29, 0.717) is 30.6 Å². The number of likely N-dealkylation sites (tertiary alicyclic amines) is 1. The van der Waals surface area contributed by atoms with Crippen molar-refractivity contribution in [1.29, 1.82) is 0 Å². The van der Waals surface area contributed by atoms with Crippen LogP contribution in [0.25, 0.3) is 22.4 Å². The predicted molar refractivity (Wildman–Crippen MR) is 113 cm³/mol. The van der Waals surface area contributed by atoms with Gasteiger partial charge in [-0.25, -0.2) is 0 Å². The number of benzene rings is 2. The van der Waals surface area contributed by atoms with E-state index >= 15 is 0 Å². The van der Waals surface area contributed by atoms with Gasteiger partial charge in [0.25, 0.3) is 5.91 Å². The maximum absolute atomic E-state index is 13.1. The Morgan fingerprint density at radius 1 is 1.07 bits per heavy atom. The third-order valence-electron chi connectivity index (χ3n) is 5.89. The SMILES string of the molecule is Cc1ccc2c(C)c(C(=O)N3CCC(c4nc(-c5ccccc5)no4)CC3)oc2c1. The van der Waals surface area contributed by atoms with E-state index in [1.54, 1.807) is 0 Å². The largest absolute Gasteiger partial charge is 0.451 e. The lowest BCUT2D eigenvalue weighted by Gasteiger charge is -2.29. The number of furan rings is 1. The number of fused-ring (bicyclic) bond motifs is 1. The van der Waals surface area contributed by atoms with Crippen molar-refractivity contribution in [2.45, 2.75) is 32.6 Å². The standard InChI is InChI=1S/C24H23N3O3/c1-15-8-9-19-16(2)21(29-20(19)14-15)24(28)27-12-10-18(11-13-27)23-25-22(26-30-23)17-6-4-3-5-7-17/h3-9,14,18H,10-13H2,1-2H3. The average molecular weight is 401 g/mol. The highest BCUT2D eigenvalue weighted by molar-refractivity contribution is 5.99. The third kappa shape index (κ3) is 3.28. The number of aryl methyl sites for hydroxylation is 2. The lowest BCUT2D eigenvalue weighted by atomic mass is 9.96. The first-order chi connectivity index (χ1) is 14.6. The zero-order valence-corrected chi connectivity index (χ0v) is 17.1. The zero-order valence-electron chi connectivity index (χ0n) is 17.1. The molecule has 0 unspecified atom stereocenters. The number of rotatable bonds is 3. The number of carbonyl (C=O) groups excluding carboxylic acids is 1. The number of piperidine rings is 1. The molecule has 0 radical (unpaired) electrons. The molecule has 0 spiro atoms. The van der Waals surface area contributed by atoms with E-state index in [-0.39, 0.29) is 11.8 Å². The highest BCUT2D eigenvalue weighted by Crippen LogP contribution is 2.31. The highest BCUT2D eigenvalue weighted by atomic mass is 16.5. The van der Waals surface area contributed by atoms with Gasteiger partial charge in [-0.15, -0.1) is 0 Å². The number of carbonyl (C=O) groups is 1. The summed E-state index contributed by atoms with van der Waals surface area (Å²) in [6, 6.07) is 15.8. The molecule has 0 N–H and O–H groups in total. The molecule has 0 bridgehead atoms. The second-order valence-electron chi connectivity index (χ2n) is 7.94. The lowest BCUT2D eigenvalue weighted by molar-refractivity contribution is 0.0674. The van der Waals surface area contributed by atoms with E-state index < -0.39 is 0 Å². The molecule has 1 amide bonds. The Balaban J connectivity index is 1.29. The van der Waals surface area contributed by atoms with Crippen LogP contribution >= 0.6 is 0 Å². The third-order valence-corrected chi connectivity index (χ3v) is 5.89. The van der Waals surface area contributed by atoms with Crippen molar-refractivity contribution in [1.82, 2.24) is 15.0 Å². The Morgan fingerprint density at radius 3 is 2.60 bits per heavy atom. The Labute approximate surface area is 174 Å². The maximum Gasteiger partial charge on any atom is 0.289 e. The first-order valence-corrected chi connectivity index (χ1v) is 10.3. The van der Waals surface area contributed by atoms with E-state index in [1.807, 2.05) is 67.3 Å². The van der Waals surface area contributed by atoms with E-state index in [0.717, 1.165) is 40.5 Å². The lowest BCUT2D eigenvalue weighted by Crippen LogP contribution is -2.38. The summed E-state index contributed by atoms with van der Waals surface area (Å²) in [5.74, 6) is 1.82. The molecule has 0 saturated carbocycles. The van der Waals surface area contributed by atoms with Crippen LogP contribution in [0.5, 0.6) is 0 Å². The van der Waals surface area contributed by atoms with E-state index in [4.69, 9.17) is 8.94 Å². The normalized spacial score (nSPS) is 15.1. The fraction of sp³-hybridized carbons (Fsp3) is 0.292. The molecule has 5 rings (SSSR count). The molecule has 6 heteroatoms. The number of amides is 1. The number of aromatic nitrogens is 2. The van der Waals surface area contributed by atoms with Crippen LogP contribution in [-0.4, -0.2) is 34.0 Å². The average Bonchev–Trinajstić information content (AvgIpc) is 3.39. The summed E-state index contributed by atoms with van der Waals surface area (Å²) < 4.78 is 11.5. The van der Waals surface area contributed by atoms with Gasteiger partial charge < -0.3 is 13.8 Å². The Kier molecular flexibility index (Phi) is 4.62. The first kappa shape index (κ1) is 18.6. The summed E-state index contributed by atoms with van der Waals surface area (Å²) in [5, 5.41) is 5.12. The van der Waals surface area contributed by atoms with E-state index in [2.05, 4.69) is 10.1 Å². The molecule has 1 fully saturated rings. The molecule has 1 aliphatic rings. The van der Waals surface area contributed by atoms with Crippen molar-refractivity contribution in [2.24, 2.45) is 0 Å². The molecule has 0 atom stereocenters. The summed E-state index contributed by atoms with van der Waals surface area (Å²) in [5.41, 5.74) is 3.73. The topological polar surface area (TPSA) is 72.4 Å². The molecule has 1 saturated heterocycles. The van der Waals surface area contributed by atoms with Gasteiger partial charge >= 0.3 is 0 Å². The van der Waals surface area contributed by atoms with Crippen molar-refractivity contribution in [3.05, 3.63) is 71.3 Å². The minimum atomic E-state index is -0.0460. The summed E-state index contributed by atoms with van der Waals surface area (Å²) in [6.45, 7) is 5.25. The first-order valence-electron chi connectivity index (χ1n) is 10.3.